The van der Waals surface area contributed by atoms with E-state index in [0.717, 1.165) is 0 Å². The van der Waals surface area contributed by atoms with E-state index in [9.17, 15) is 19.7 Å². The number of benzene rings is 1. The molecule has 1 unspecified atom stereocenters. The van der Waals surface area contributed by atoms with E-state index in [0.29, 0.717) is 0 Å². The maximum Gasteiger partial charge on any atom is 0.391 e. The second-order valence-corrected chi connectivity index (χ2v) is 3.47. The van der Waals surface area contributed by atoms with Crippen molar-refractivity contribution in [2.75, 3.05) is 0 Å². The van der Waals surface area contributed by atoms with Crippen molar-refractivity contribution in [3.8, 4) is 0 Å². The molecule has 1 atom stereocenters. The first-order valence-corrected chi connectivity index (χ1v) is 4.94. The molecule has 0 radical (unpaired) electrons. The van der Waals surface area contributed by atoms with Crippen molar-refractivity contribution in [1.82, 2.24) is 0 Å². The van der Waals surface area contributed by atoms with Crippen molar-refractivity contribution in [2.24, 2.45) is 0 Å². The fourth-order valence-corrected chi connectivity index (χ4v) is 1.53. The molecule has 17 heavy (non-hydrogen) atoms. The highest BCUT2D eigenvalue weighted by Gasteiger charge is 2.57. The van der Waals surface area contributed by atoms with Crippen LogP contribution in [0.3, 0.4) is 0 Å². The molecule has 0 aliphatic carbocycles. The van der Waals surface area contributed by atoms with E-state index in [-0.39, 0.29) is 5.56 Å². The predicted octanol–water partition coefficient (Wildman–Crippen LogP) is 1.38. The van der Waals surface area contributed by atoms with Gasteiger partial charge in [0, 0.05) is 16.9 Å². The van der Waals surface area contributed by atoms with Crippen molar-refractivity contribution >= 4 is 11.8 Å². The summed E-state index contributed by atoms with van der Waals surface area (Å²) in [6, 6.07) is 7.40. The Morgan fingerprint density at radius 3 is 2.24 bits per heavy atom. The molecule has 0 saturated heterocycles. The lowest BCUT2D eigenvalue weighted by atomic mass is 9.87. The van der Waals surface area contributed by atoms with Crippen LogP contribution in [0.4, 0.5) is 0 Å². The Labute approximate surface area is 97.0 Å². The minimum absolute atomic E-state index is 0.0217. The summed E-state index contributed by atoms with van der Waals surface area (Å²) in [5, 5.41) is 19.9. The molecule has 1 rings (SSSR count). The van der Waals surface area contributed by atoms with Crippen LogP contribution in [0.5, 0.6) is 0 Å². The van der Waals surface area contributed by atoms with Gasteiger partial charge in [0.1, 0.15) is 0 Å². The lowest BCUT2D eigenvalue weighted by Crippen LogP contribution is -2.52. The van der Waals surface area contributed by atoms with E-state index in [2.05, 4.69) is 0 Å². The third-order valence-corrected chi connectivity index (χ3v) is 2.59. The van der Waals surface area contributed by atoms with E-state index in [4.69, 9.17) is 5.11 Å². The first-order valence-electron chi connectivity index (χ1n) is 4.94. The smallest absolute Gasteiger partial charge is 0.391 e. The number of hydrogen-bond acceptors (Lipinski definition) is 4. The van der Waals surface area contributed by atoms with Crippen LogP contribution in [0.1, 0.15) is 23.7 Å². The first-order chi connectivity index (χ1) is 7.96. The highest BCUT2D eigenvalue weighted by Crippen LogP contribution is 2.21. The number of Topliss-reactive ketones (excluding diaryl/α,β-unsaturated/α-hetero) is 1. The Morgan fingerprint density at radius 2 is 1.88 bits per heavy atom. The number of ketones is 1. The molecule has 0 bridgehead atoms. The maximum atomic E-state index is 12.0. The standard InChI is InChI=1S/C11H11NO5/c1-2-11(10(14)15,12(16)17)9(13)8-6-4-3-5-7-8/h3-7H,2H2,1H3,(H,14,15). The zero-order chi connectivity index (χ0) is 13.1. The molecule has 1 aromatic rings. The summed E-state index contributed by atoms with van der Waals surface area (Å²) in [5.41, 5.74) is -2.57. The molecule has 0 heterocycles. The summed E-state index contributed by atoms with van der Waals surface area (Å²) in [5.74, 6) is -2.74. The highest BCUT2D eigenvalue weighted by molar-refractivity contribution is 6.14. The van der Waals surface area contributed by atoms with Crippen LogP contribution in [-0.2, 0) is 4.79 Å². The molecular weight excluding hydrogens is 226 g/mol. The van der Waals surface area contributed by atoms with Crippen LogP contribution < -0.4 is 0 Å². The number of nitro groups is 1. The zero-order valence-corrected chi connectivity index (χ0v) is 9.12. The molecule has 0 fully saturated rings. The van der Waals surface area contributed by atoms with Gasteiger partial charge in [-0.2, -0.15) is 0 Å². The molecule has 6 nitrogen and oxygen atoms in total. The Bertz CT molecular complexity index is 440. The molecule has 0 spiro atoms. The summed E-state index contributed by atoms with van der Waals surface area (Å²) in [7, 11) is 0. The largest absolute Gasteiger partial charge is 0.476 e. The van der Waals surface area contributed by atoms with E-state index in [1.807, 2.05) is 0 Å². The number of carboxylic acids is 1. The third-order valence-electron chi connectivity index (χ3n) is 2.59. The van der Waals surface area contributed by atoms with E-state index >= 15 is 0 Å². The molecule has 0 amide bonds. The number of hydrogen-bond donors (Lipinski definition) is 1. The molecule has 0 aliphatic rings. The van der Waals surface area contributed by atoms with Crippen molar-refractivity contribution in [3.63, 3.8) is 0 Å². The number of nitrogens with zero attached hydrogens (tertiary/aromatic N) is 1. The highest BCUT2D eigenvalue weighted by atomic mass is 16.6. The number of carbonyl (C=O) groups excluding carboxylic acids is 1. The average Bonchev–Trinajstić information content (AvgIpc) is 2.30. The van der Waals surface area contributed by atoms with E-state index < -0.39 is 28.6 Å². The first kappa shape index (κ1) is 12.8. The minimum atomic E-state index is -2.60. The third kappa shape index (κ3) is 2.01. The molecule has 6 heteroatoms. The van der Waals surface area contributed by atoms with Gasteiger partial charge in [-0.1, -0.05) is 37.3 Å². The van der Waals surface area contributed by atoms with Crippen molar-refractivity contribution < 1.29 is 19.6 Å². The van der Waals surface area contributed by atoms with Gasteiger partial charge < -0.3 is 5.11 Å². The molecule has 90 valence electrons. The maximum absolute atomic E-state index is 12.0. The quantitative estimate of drug-likeness (QED) is 0.361. The predicted molar refractivity (Wildman–Crippen MR) is 58.4 cm³/mol. The van der Waals surface area contributed by atoms with Crippen LogP contribution in [0.2, 0.25) is 0 Å². The second kappa shape index (κ2) is 4.73. The van der Waals surface area contributed by atoms with E-state index in [1.54, 1.807) is 6.07 Å². The SMILES string of the molecule is CCC(C(=O)O)(C(=O)c1ccccc1)[N+](=O)[O-]. The fourth-order valence-electron chi connectivity index (χ4n) is 1.53. The van der Waals surface area contributed by atoms with Crippen LogP contribution in [0.25, 0.3) is 0 Å². The topological polar surface area (TPSA) is 97.5 Å². The van der Waals surface area contributed by atoms with Gasteiger partial charge in [-0.15, -0.1) is 0 Å². The molecular formula is C11H11NO5. The van der Waals surface area contributed by atoms with Gasteiger partial charge in [-0.3, -0.25) is 14.9 Å². The summed E-state index contributed by atoms with van der Waals surface area (Å²) in [6.45, 7) is 1.30. The van der Waals surface area contributed by atoms with Gasteiger partial charge in [0.2, 0.25) is 0 Å². The van der Waals surface area contributed by atoms with Gasteiger partial charge in [0.05, 0.1) is 0 Å². The summed E-state index contributed by atoms with van der Waals surface area (Å²) < 4.78 is 0. The second-order valence-electron chi connectivity index (χ2n) is 3.47. The monoisotopic (exact) mass is 237 g/mol. The molecule has 1 aromatic carbocycles. The summed E-state index contributed by atoms with van der Waals surface area (Å²) >= 11 is 0. The van der Waals surface area contributed by atoms with Crippen LogP contribution in [0, 0.1) is 10.1 Å². The molecule has 0 aromatic heterocycles. The fraction of sp³-hybridized carbons (Fsp3) is 0.273. The minimum Gasteiger partial charge on any atom is -0.476 e. The van der Waals surface area contributed by atoms with Crippen LogP contribution >= 0.6 is 0 Å². The van der Waals surface area contributed by atoms with Gasteiger partial charge in [0.15, 0.2) is 0 Å². The Kier molecular flexibility index (Phi) is 3.57. The van der Waals surface area contributed by atoms with Crippen LogP contribution in [-0.4, -0.2) is 27.3 Å². The zero-order valence-electron chi connectivity index (χ0n) is 9.12. The lowest BCUT2D eigenvalue weighted by Gasteiger charge is -2.17. The number of carboxylic acid groups (broad SMARTS) is 1. The van der Waals surface area contributed by atoms with Crippen molar-refractivity contribution in [1.29, 1.82) is 0 Å². The molecule has 1 N–H and O–H groups in total. The van der Waals surface area contributed by atoms with Crippen molar-refractivity contribution in [2.45, 2.75) is 18.9 Å². The number of aliphatic carboxylic acids is 1. The summed E-state index contributed by atoms with van der Waals surface area (Å²) in [6.07, 6.45) is -0.400. The van der Waals surface area contributed by atoms with Gasteiger partial charge in [-0.05, 0) is 0 Å². The van der Waals surface area contributed by atoms with E-state index in [1.165, 1.54) is 31.2 Å². The Morgan fingerprint density at radius 1 is 1.35 bits per heavy atom. The van der Waals surface area contributed by atoms with Gasteiger partial charge >= 0.3 is 11.5 Å². The van der Waals surface area contributed by atoms with Crippen LogP contribution in [0.15, 0.2) is 30.3 Å². The van der Waals surface area contributed by atoms with Crippen molar-refractivity contribution in [3.05, 3.63) is 46.0 Å². The Balaban J connectivity index is 3.31. The molecule has 0 saturated carbocycles. The Hall–Kier alpha value is -2.24. The lowest BCUT2D eigenvalue weighted by molar-refractivity contribution is -0.536. The normalized spacial score (nSPS) is 13.7. The average molecular weight is 237 g/mol. The summed E-state index contributed by atoms with van der Waals surface area (Å²) in [4.78, 5) is 32.9. The van der Waals surface area contributed by atoms with Gasteiger partial charge in [0.25, 0.3) is 5.78 Å². The van der Waals surface area contributed by atoms with Gasteiger partial charge in [-0.25, -0.2) is 4.79 Å². The number of carbonyl (C=O) groups is 2. The number of rotatable bonds is 5. The molecule has 0 aliphatic heterocycles.